The quantitative estimate of drug-likeness (QED) is 0.782. The fourth-order valence-electron chi connectivity index (χ4n) is 1.24. The van der Waals surface area contributed by atoms with Gasteiger partial charge in [0.05, 0.1) is 6.07 Å². The SMILES string of the molecule is N#CCC(=O)NCCNC(=O)c1cccc(Cl)c1. The minimum atomic E-state index is -0.352. The van der Waals surface area contributed by atoms with Crippen LogP contribution in [0.25, 0.3) is 0 Å². The van der Waals surface area contributed by atoms with Crippen molar-refractivity contribution in [1.29, 1.82) is 5.26 Å². The maximum absolute atomic E-state index is 11.6. The predicted octanol–water partition coefficient (Wildman–Crippen LogP) is 1.10. The van der Waals surface area contributed by atoms with Crippen molar-refractivity contribution in [2.45, 2.75) is 6.42 Å². The normalized spacial score (nSPS) is 9.33. The van der Waals surface area contributed by atoms with Gasteiger partial charge in [0.15, 0.2) is 0 Å². The van der Waals surface area contributed by atoms with Crippen molar-refractivity contribution in [2.24, 2.45) is 0 Å². The molecule has 0 aliphatic heterocycles. The van der Waals surface area contributed by atoms with Crippen molar-refractivity contribution in [2.75, 3.05) is 13.1 Å². The standard InChI is InChI=1S/C12H12ClN3O2/c13-10-3-1-2-9(8-10)12(18)16-7-6-15-11(17)4-5-14/h1-3,8H,4,6-7H2,(H,15,17)(H,16,18). The molecule has 1 aromatic rings. The molecule has 0 aliphatic carbocycles. The molecule has 0 fully saturated rings. The van der Waals surface area contributed by atoms with Gasteiger partial charge >= 0.3 is 0 Å². The van der Waals surface area contributed by atoms with E-state index in [1.165, 1.54) is 0 Å². The molecule has 0 saturated heterocycles. The zero-order chi connectivity index (χ0) is 13.4. The first-order valence-electron chi connectivity index (χ1n) is 5.31. The summed E-state index contributed by atoms with van der Waals surface area (Å²) in [6, 6.07) is 8.31. The Morgan fingerprint density at radius 3 is 2.67 bits per heavy atom. The molecule has 1 aromatic carbocycles. The van der Waals surface area contributed by atoms with Crippen LogP contribution in [0.3, 0.4) is 0 Å². The second-order valence-electron chi connectivity index (χ2n) is 3.45. The van der Waals surface area contributed by atoms with Gasteiger partial charge in [0, 0.05) is 23.7 Å². The number of nitrogens with one attached hydrogen (secondary N) is 2. The number of carbonyl (C=O) groups is 2. The molecule has 18 heavy (non-hydrogen) atoms. The summed E-state index contributed by atoms with van der Waals surface area (Å²) in [5.74, 6) is -0.610. The molecule has 0 unspecified atom stereocenters. The molecule has 0 aromatic heterocycles. The minimum absolute atomic E-state index is 0.178. The van der Waals surface area contributed by atoms with E-state index in [0.29, 0.717) is 17.1 Å². The van der Waals surface area contributed by atoms with E-state index in [1.807, 2.05) is 0 Å². The molecule has 2 amide bonds. The fourth-order valence-corrected chi connectivity index (χ4v) is 1.43. The van der Waals surface area contributed by atoms with Crippen LogP contribution in [0, 0.1) is 11.3 Å². The molecule has 0 saturated carbocycles. The third-order valence-electron chi connectivity index (χ3n) is 2.06. The molecular formula is C12H12ClN3O2. The van der Waals surface area contributed by atoms with E-state index in [-0.39, 0.29) is 24.8 Å². The number of nitrogens with zero attached hydrogens (tertiary/aromatic N) is 1. The van der Waals surface area contributed by atoms with Crippen LogP contribution in [0.2, 0.25) is 5.02 Å². The van der Waals surface area contributed by atoms with Gasteiger partial charge in [-0.3, -0.25) is 9.59 Å². The Labute approximate surface area is 110 Å². The van der Waals surface area contributed by atoms with Gasteiger partial charge in [-0.1, -0.05) is 17.7 Å². The van der Waals surface area contributed by atoms with Crippen molar-refractivity contribution < 1.29 is 9.59 Å². The molecule has 2 N–H and O–H groups in total. The van der Waals surface area contributed by atoms with E-state index >= 15 is 0 Å². The molecule has 5 nitrogen and oxygen atoms in total. The van der Waals surface area contributed by atoms with E-state index in [0.717, 1.165) is 0 Å². The molecule has 0 bridgehead atoms. The number of nitriles is 1. The highest BCUT2D eigenvalue weighted by molar-refractivity contribution is 6.30. The second-order valence-corrected chi connectivity index (χ2v) is 3.89. The summed E-state index contributed by atoms with van der Waals surface area (Å²) < 4.78 is 0. The first-order chi connectivity index (χ1) is 8.63. The number of carbonyl (C=O) groups excluding carboxylic acids is 2. The average molecular weight is 266 g/mol. The number of halogens is 1. The van der Waals surface area contributed by atoms with E-state index in [4.69, 9.17) is 16.9 Å². The average Bonchev–Trinajstić information content (AvgIpc) is 2.35. The van der Waals surface area contributed by atoms with Gasteiger partial charge in [0.1, 0.15) is 6.42 Å². The van der Waals surface area contributed by atoms with Gasteiger partial charge in [0.25, 0.3) is 5.91 Å². The topological polar surface area (TPSA) is 82.0 Å². The van der Waals surface area contributed by atoms with Gasteiger partial charge in [-0.2, -0.15) is 5.26 Å². The fraction of sp³-hybridized carbons (Fsp3) is 0.250. The molecule has 0 aliphatic rings. The van der Waals surface area contributed by atoms with E-state index in [2.05, 4.69) is 10.6 Å². The lowest BCUT2D eigenvalue weighted by molar-refractivity contribution is -0.120. The van der Waals surface area contributed by atoms with Gasteiger partial charge in [0.2, 0.25) is 5.91 Å². The summed E-state index contributed by atoms with van der Waals surface area (Å²) in [4.78, 5) is 22.6. The number of rotatable bonds is 5. The number of hydrogen-bond acceptors (Lipinski definition) is 3. The third-order valence-corrected chi connectivity index (χ3v) is 2.29. The summed E-state index contributed by atoms with van der Waals surface area (Å²) in [7, 11) is 0. The molecule has 0 atom stereocenters. The Hall–Kier alpha value is -2.06. The van der Waals surface area contributed by atoms with Crippen LogP contribution in [0.15, 0.2) is 24.3 Å². The van der Waals surface area contributed by atoms with E-state index in [9.17, 15) is 9.59 Å². The van der Waals surface area contributed by atoms with Crippen molar-refractivity contribution >= 4 is 23.4 Å². The largest absolute Gasteiger partial charge is 0.353 e. The number of benzene rings is 1. The minimum Gasteiger partial charge on any atom is -0.353 e. The Morgan fingerprint density at radius 1 is 1.28 bits per heavy atom. The van der Waals surface area contributed by atoms with Crippen molar-refractivity contribution in [3.63, 3.8) is 0 Å². The Balaban J connectivity index is 2.30. The zero-order valence-electron chi connectivity index (χ0n) is 9.57. The number of amides is 2. The first kappa shape index (κ1) is 14.0. The number of hydrogen-bond donors (Lipinski definition) is 2. The molecule has 1 rings (SSSR count). The Kier molecular flexibility index (Phi) is 5.68. The van der Waals surface area contributed by atoms with Crippen LogP contribution in [-0.2, 0) is 4.79 Å². The maximum Gasteiger partial charge on any atom is 0.251 e. The van der Waals surface area contributed by atoms with E-state index in [1.54, 1.807) is 30.3 Å². The predicted molar refractivity (Wildman–Crippen MR) is 67.0 cm³/mol. The second kappa shape index (κ2) is 7.30. The molecule has 0 spiro atoms. The summed E-state index contributed by atoms with van der Waals surface area (Å²) in [5.41, 5.74) is 0.464. The lowest BCUT2D eigenvalue weighted by Gasteiger charge is -2.06. The van der Waals surface area contributed by atoms with Crippen LogP contribution < -0.4 is 10.6 Å². The molecular weight excluding hydrogens is 254 g/mol. The van der Waals surface area contributed by atoms with Gasteiger partial charge in [-0.15, -0.1) is 0 Å². The summed E-state index contributed by atoms with van der Waals surface area (Å²) in [5, 5.41) is 13.9. The summed E-state index contributed by atoms with van der Waals surface area (Å²) in [6.45, 7) is 0.579. The lowest BCUT2D eigenvalue weighted by Crippen LogP contribution is -2.34. The zero-order valence-corrected chi connectivity index (χ0v) is 10.3. The smallest absolute Gasteiger partial charge is 0.251 e. The van der Waals surface area contributed by atoms with Gasteiger partial charge in [-0.25, -0.2) is 0 Å². The highest BCUT2D eigenvalue weighted by atomic mass is 35.5. The first-order valence-corrected chi connectivity index (χ1v) is 5.68. The lowest BCUT2D eigenvalue weighted by atomic mass is 10.2. The van der Waals surface area contributed by atoms with Crippen molar-refractivity contribution in [3.05, 3.63) is 34.9 Å². The third kappa shape index (κ3) is 4.85. The van der Waals surface area contributed by atoms with Crippen LogP contribution in [0.5, 0.6) is 0 Å². The molecule has 6 heteroatoms. The van der Waals surface area contributed by atoms with Crippen LogP contribution >= 0.6 is 11.6 Å². The highest BCUT2D eigenvalue weighted by Crippen LogP contribution is 2.10. The van der Waals surface area contributed by atoms with Gasteiger partial charge < -0.3 is 10.6 Å². The maximum atomic E-state index is 11.6. The van der Waals surface area contributed by atoms with Crippen molar-refractivity contribution in [3.8, 4) is 6.07 Å². The molecule has 0 radical (unpaired) electrons. The Morgan fingerprint density at radius 2 is 2.00 bits per heavy atom. The molecule has 94 valence electrons. The van der Waals surface area contributed by atoms with Gasteiger partial charge in [-0.05, 0) is 18.2 Å². The summed E-state index contributed by atoms with van der Waals surface area (Å²) in [6.07, 6.45) is -0.178. The van der Waals surface area contributed by atoms with Crippen LogP contribution in [-0.4, -0.2) is 24.9 Å². The Bertz CT molecular complexity index is 482. The summed E-state index contributed by atoms with van der Waals surface area (Å²) >= 11 is 5.76. The highest BCUT2D eigenvalue weighted by Gasteiger charge is 2.05. The molecule has 0 heterocycles. The van der Waals surface area contributed by atoms with Crippen molar-refractivity contribution in [1.82, 2.24) is 10.6 Å². The van der Waals surface area contributed by atoms with Crippen LogP contribution in [0.4, 0.5) is 0 Å². The van der Waals surface area contributed by atoms with E-state index < -0.39 is 0 Å². The monoisotopic (exact) mass is 265 g/mol. The van der Waals surface area contributed by atoms with Crippen LogP contribution in [0.1, 0.15) is 16.8 Å².